The molecule has 0 saturated heterocycles. The van der Waals surface area contributed by atoms with E-state index >= 15 is 0 Å². The van der Waals surface area contributed by atoms with Gasteiger partial charge in [0.25, 0.3) is 11.6 Å². The van der Waals surface area contributed by atoms with Gasteiger partial charge < -0.3 is 10.1 Å². The quantitative estimate of drug-likeness (QED) is 0.0677. The molecule has 0 aliphatic heterocycles. The van der Waals surface area contributed by atoms with E-state index in [0.717, 1.165) is 29.6 Å². The van der Waals surface area contributed by atoms with Crippen LogP contribution < -0.4 is 5.32 Å². The molecule has 0 aliphatic rings. The summed E-state index contributed by atoms with van der Waals surface area (Å²) in [5.74, 6) is -5.94. The van der Waals surface area contributed by atoms with Gasteiger partial charge in [-0.05, 0) is 18.2 Å². The summed E-state index contributed by atoms with van der Waals surface area (Å²) in [5, 5.41) is 19.7. The lowest BCUT2D eigenvalue weighted by atomic mass is 10.0. The molecule has 11 nitrogen and oxygen atoms in total. The molecule has 0 radical (unpaired) electrons. The molecule has 3 aromatic carbocycles. The second-order valence-corrected chi connectivity index (χ2v) is 10.2. The van der Waals surface area contributed by atoms with Crippen LogP contribution in [-0.2, 0) is 25.3 Å². The molecule has 0 bridgehead atoms. The lowest BCUT2D eigenvalue weighted by Crippen LogP contribution is -2.33. The van der Waals surface area contributed by atoms with Crippen LogP contribution in [0.5, 0.6) is 0 Å². The molecule has 15 heteroatoms. The Hall–Kier alpha value is -5.70. The fraction of sp³-hybridized carbons (Fsp3) is 0.100. The Kier molecular flexibility index (Phi) is 8.54. The maximum absolute atomic E-state index is 13.3. The fourth-order valence-electron chi connectivity index (χ4n) is 4.36. The van der Waals surface area contributed by atoms with Crippen molar-refractivity contribution in [3.05, 3.63) is 112 Å². The zero-order valence-electron chi connectivity index (χ0n) is 23.0. The maximum atomic E-state index is 13.3. The molecular weight excluding hydrogens is 615 g/mol. The number of Topliss-reactive ketones (excluding diaryl/α,β-unsaturated/α-hetero) is 1. The number of nitrogens with one attached hydrogen (secondary N) is 1. The number of hydrogen-bond acceptors (Lipinski definition) is 9. The van der Waals surface area contributed by atoms with Gasteiger partial charge in [-0.25, -0.2) is 9.67 Å². The Bertz CT molecular complexity index is 1910. The minimum Gasteiger partial charge on any atom is -0.468 e. The number of amides is 1. The van der Waals surface area contributed by atoms with Crippen molar-refractivity contribution < 1.29 is 37.2 Å². The van der Waals surface area contributed by atoms with E-state index in [4.69, 9.17) is 9.84 Å². The number of ketones is 1. The number of esters is 1. The summed E-state index contributed by atoms with van der Waals surface area (Å²) in [6, 6.07) is 21.8. The van der Waals surface area contributed by atoms with E-state index in [0.29, 0.717) is 23.5 Å². The number of rotatable bonds is 9. The Balaban J connectivity index is 1.49. The Morgan fingerprint density at radius 3 is 2.22 bits per heavy atom. The molecular formula is C30H20F3N5O6S. The van der Waals surface area contributed by atoms with Crippen molar-refractivity contribution in [2.75, 3.05) is 12.4 Å². The van der Waals surface area contributed by atoms with Crippen molar-refractivity contribution in [3.63, 3.8) is 0 Å². The van der Waals surface area contributed by atoms with Crippen LogP contribution in [0.4, 0.5) is 24.5 Å². The third-order valence-electron chi connectivity index (χ3n) is 6.53. The summed E-state index contributed by atoms with van der Waals surface area (Å²) in [5.41, 5.74) is -0.397. The van der Waals surface area contributed by atoms with Gasteiger partial charge in [0, 0.05) is 22.6 Å². The second-order valence-electron chi connectivity index (χ2n) is 9.37. The van der Waals surface area contributed by atoms with Crippen molar-refractivity contribution in [2.24, 2.45) is 0 Å². The molecule has 2 heterocycles. The van der Waals surface area contributed by atoms with Crippen LogP contribution in [0.15, 0.2) is 90.3 Å². The van der Waals surface area contributed by atoms with Crippen LogP contribution in [-0.4, -0.2) is 44.5 Å². The minimum absolute atomic E-state index is 0.167. The van der Waals surface area contributed by atoms with Crippen LogP contribution in [0.2, 0.25) is 0 Å². The number of methoxy groups -OCH3 is 1. The lowest BCUT2D eigenvalue weighted by Gasteiger charge is -2.13. The predicted molar refractivity (Wildman–Crippen MR) is 157 cm³/mol. The zero-order chi connectivity index (χ0) is 32.3. The number of carbonyl (C=O) groups is 3. The van der Waals surface area contributed by atoms with Gasteiger partial charge in [0.15, 0.2) is 5.92 Å². The SMILES string of the molecule is COC(=O)[C@H](C(=O)C(=O)Nc1ccc(C(F)(F)F)cc1[N+](=O)[O-])c1csc(-n2nc(-c3ccccc3)cc2-c2ccccc2)n1. The molecule has 0 aliphatic carbocycles. The van der Waals surface area contributed by atoms with Crippen LogP contribution >= 0.6 is 11.3 Å². The topological polar surface area (TPSA) is 146 Å². The van der Waals surface area contributed by atoms with Gasteiger partial charge in [0.05, 0.1) is 34.7 Å². The van der Waals surface area contributed by atoms with Gasteiger partial charge in [-0.3, -0.25) is 24.5 Å². The summed E-state index contributed by atoms with van der Waals surface area (Å²) in [6.07, 6.45) is -4.89. The van der Waals surface area contributed by atoms with Gasteiger partial charge in [0.1, 0.15) is 5.69 Å². The number of carbonyl (C=O) groups excluding carboxylic acids is 3. The molecule has 228 valence electrons. The van der Waals surface area contributed by atoms with E-state index in [1.54, 1.807) is 0 Å². The standard InChI is InChI=1S/C30H20F3N5O6S/c1-44-28(41)25(26(39)27(40)34-20-13-12-19(30(31,32)33)14-24(20)38(42)43)22-16-45-29(35-22)37-23(18-10-6-3-7-11-18)15-21(36-37)17-8-4-2-5-9-17/h2-16,25H,1H3,(H,34,40)/t25-/m0/s1. The van der Waals surface area contributed by atoms with Crippen LogP contribution in [0.25, 0.3) is 27.6 Å². The summed E-state index contributed by atoms with van der Waals surface area (Å²) >= 11 is 1.02. The smallest absolute Gasteiger partial charge is 0.416 e. The highest BCUT2D eigenvalue weighted by Crippen LogP contribution is 2.36. The Labute approximate surface area is 256 Å². The van der Waals surface area contributed by atoms with E-state index in [2.05, 4.69) is 4.98 Å². The first kappa shape index (κ1) is 30.7. The van der Waals surface area contributed by atoms with E-state index in [9.17, 15) is 37.7 Å². The number of aromatic nitrogens is 3. The van der Waals surface area contributed by atoms with Crippen LogP contribution in [0, 0.1) is 10.1 Å². The summed E-state index contributed by atoms with van der Waals surface area (Å²) in [7, 11) is 0.988. The number of benzene rings is 3. The number of halogens is 3. The second kappa shape index (κ2) is 12.5. The lowest BCUT2D eigenvalue weighted by molar-refractivity contribution is -0.384. The summed E-state index contributed by atoms with van der Waals surface area (Å²) in [6.45, 7) is 0. The average Bonchev–Trinajstić information content (AvgIpc) is 3.69. The molecule has 1 N–H and O–H groups in total. The number of nitro benzene ring substituents is 1. The molecule has 0 unspecified atom stereocenters. The summed E-state index contributed by atoms with van der Waals surface area (Å²) < 4.78 is 45.5. The van der Waals surface area contributed by atoms with Gasteiger partial charge in [-0.15, -0.1) is 11.3 Å². The molecule has 5 aromatic rings. The number of ether oxygens (including phenoxy) is 1. The van der Waals surface area contributed by atoms with Crippen molar-refractivity contribution >= 4 is 40.4 Å². The molecule has 5 rings (SSSR count). The van der Waals surface area contributed by atoms with E-state index < -0.39 is 51.6 Å². The monoisotopic (exact) mass is 635 g/mol. The third kappa shape index (κ3) is 6.47. The first-order valence-electron chi connectivity index (χ1n) is 12.9. The third-order valence-corrected chi connectivity index (χ3v) is 7.36. The largest absolute Gasteiger partial charge is 0.468 e. The maximum Gasteiger partial charge on any atom is 0.416 e. The van der Waals surface area contributed by atoms with Gasteiger partial charge in [-0.1, -0.05) is 60.7 Å². The van der Waals surface area contributed by atoms with Crippen molar-refractivity contribution in [1.82, 2.24) is 14.8 Å². The predicted octanol–water partition coefficient (Wildman–Crippen LogP) is 6.05. The van der Waals surface area contributed by atoms with Crippen molar-refractivity contribution in [2.45, 2.75) is 12.1 Å². The zero-order valence-corrected chi connectivity index (χ0v) is 23.8. The molecule has 0 spiro atoms. The molecule has 1 atom stereocenters. The molecule has 1 amide bonds. The highest BCUT2D eigenvalue weighted by atomic mass is 32.1. The molecule has 0 saturated carbocycles. The number of thiazole rings is 1. The van der Waals surface area contributed by atoms with Gasteiger partial charge in [-0.2, -0.15) is 18.3 Å². The number of alkyl halides is 3. The molecule has 45 heavy (non-hydrogen) atoms. The number of anilines is 1. The van der Waals surface area contributed by atoms with E-state index in [1.165, 1.54) is 10.1 Å². The Morgan fingerprint density at radius 1 is 0.978 bits per heavy atom. The van der Waals surface area contributed by atoms with E-state index in [1.807, 2.05) is 72.0 Å². The molecule has 2 aromatic heterocycles. The normalized spacial score (nSPS) is 11.9. The number of hydrogen-bond donors (Lipinski definition) is 1. The Morgan fingerprint density at radius 2 is 1.62 bits per heavy atom. The highest BCUT2D eigenvalue weighted by molar-refractivity contribution is 7.12. The van der Waals surface area contributed by atoms with Crippen LogP contribution in [0.3, 0.4) is 0 Å². The minimum atomic E-state index is -4.89. The average molecular weight is 636 g/mol. The number of nitrogens with zero attached hydrogens (tertiary/aromatic N) is 4. The highest BCUT2D eigenvalue weighted by Gasteiger charge is 2.38. The van der Waals surface area contributed by atoms with Gasteiger partial charge in [0.2, 0.25) is 10.9 Å². The number of nitro groups is 1. The summed E-state index contributed by atoms with van der Waals surface area (Å²) in [4.78, 5) is 53.6. The first-order valence-corrected chi connectivity index (χ1v) is 13.8. The molecule has 0 fully saturated rings. The van der Waals surface area contributed by atoms with Crippen molar-refractivity contribution in [3.8, 4) is 27.6 Å². The van der Waals surface area contributed by atoms with Crippen molar-refractivity contribution in [1.29, 1.82) is 0 Å². The van der Waals surface area contributed by atoms with E-state index in [-0.39, 0.29) is 16.9 Å². The first-order chi connectivity index (χ1) is 21.5. The fourth-order valence-corrected chi connectivity index (χ4v) is 5.17. The van der Waals surface area contributed by atoms with Gasteiger partial charge >= 0.3 is 12.1 Å². The van der Waals surface area contributed by atoms with Crippen LogP contribution in [0.1, 0.15) is 17.2 Å².